The minimum Gasteiger partial charge on any atom is -0.462 e. The van der Waals surface area contributed by atoms with Gasteiger partial charge in [0.25, 0.3) is 5.91 Å². The van der Waals surface area contributed by atoms with E-state index in [4.69, 9.17) is 9.15 Å². The number of esters is 1. The van der Waals surface area contributed by atoms with Crippen molar-refractivity contribution in [3.05, 3.63) is 78.1 Å². The van der Waals surface area contributed by atoms with Crippen molar-refractivity contribution < 1.29 is 18.7 Å². The summed E-state index contributed by atoms with van der Waals surface area (Å²) in [5, 5.41) is 15.9. The molecule has 0 unspecified atom stereocenters. The van der Waals surface area contributed by atoms with Gasteiger partial charge in [-0.05, 0) is 36.4 Å². The standard InChI is InChI=1S/C23H20N6O4/c1-2-32-23(31)18-10-8-16(9-11-18)20-13-12-19(33-20)14-24-25-21(30)15-29-27-22(26-28-29)17-6-4-3-5-7-17/h3-14H,2,15H2,1H3,(H,25,30). The van der Waals surface area contributed by atoms with Crippen LogP contribution in [0.1, 0.15) is 23.0 Å². The Bertz CT molecular complexity index is 1260. The number of rotatable bonds is 8. The van der Waals surface area contributed by atoms with Crippen LogP contribution >= 0.6 is 0 Å². The third kappa shape index (κ3) is 5.56. The fourth-order valence-corrected chi connectivity index (χ4v) is 2.91. The predicted molar refractivity (Wildman–Crippen MR) is 119 cm³/mol. The molecule has 0 radical (unpaired) electrons. The van der Waals surface area contributed by atoms with Crippen LogP contribution in [0.15, 0.2) is 76.2 Å². The molecule has 166 valence electrons. The molecule has 2 heterocycles. The summed E-state index contributed by atoms with van der Waals surface area (Å²) in [5.41, 5.74) is 4.47. The largest absolute Gasteiger partial charge is 0.462 e. The van der Waals surface area contributed by atoms with E-state index in [1.165, 1.54) is 11.0 Å². The lowest BCUT2D eigenvalue weighted by Gasteiger charge is -2.02. The van der Waals surface area contributed by atoms with E-state index in [-0.39, 0.29) is 12.5 Å². The molecule has 1 N–H and O–H groups in total. The maximum atomic E-state index is 12.1. The van der Waals surface area contributed by atoms with Crippen LogP contribution in [-0.4, -0.2) is 44.9 Å². The van der Waals surface area contributed by atoms with Crippen molar-refractivity contribution in [2.45, 2.75) is 13.5 Å². The van der Waals surface area contributed by atoms with E-state index < -0.39 is 5.91 Å². The number of benzene rings is 2. The first-order valence-corrected chi connectivity index (χ1v) is 10.1. The third-order valence-electron chi connectivity index (χ3n) is 4.46. The molecule has 4 aromatic rings. The Morgan fingerprint density at radius 1 is 1.06 bits per heavy atom. The highest BCUT2D eigenvalue weighted by Crippen LogP contribution is 2.22. The number of hydrogen-bond acceptors (Lipinski definition) is 8. The van der Waals surface area contributed by atoms with E-state index >= 15 is 0 Å². The molecule has 0 aliphatic heterocycles. The van der Waals surface area contributed by atoms with Gasteiger partial charge in [0, 0.05) is 11.1 Å². The maximum Gasteiger partial charge on any atom is 0.338 e. The predicted octanol–water partition coefficient (Wildman–Crippen LogP) is 2.93. The second kappa shape index (κ2) is 10.1. The lowest BCUT2D eigenvalue weighted by Crippen LogP contribution is -2.24. The molecule has 0 spiro atoms. The van der Waals surface area contributed by atoms with Crippen molar-refractivity contribution in [1.29, 1.82) is 0 Å². The average Bonchev–Trinajstić information content (AvgIpc) is 3.50. The van der Waals surface area contributed by atoms with E-state index in [1.807, 2.05) is 30.3 Å². The van der Waals surface area contributed by atoms with Crippen LogP contribution in [0.4, 0.5) is 0 Å². The number of amides is 1. The van der Waals surface area contributed by atoms with Crippen molar-refractivity contribution in [2.75, 3.05) is 6.61 Å². The summed E-state index contributed by atoms with van der Waals surface area (Å²) in [7, 11) is 0. The normalized spacial score (nSPS) is 10.9. The Labute approximate surface area is 188 Å². The molecule has 0 atom stereocenters. The molecular weight excluding hydrogens is 424 g/mol. The zero-order chi connectivity index (χ0) is 23.0. The first-order chi connectivity index (χ1) is 16.1. The summed E-state index contributed by atoms with van der Waals surface area (Å²) in [4.78, 5) is 25.0. The maximum absolute atomic E-state index is 12.1. The number of furan rings is 1. The second-order valence-electron chi connectivity index (χ2n) is 6.80. The SMILES string of the molecule is CCOC(=O)c1ccc(-c2ccc(C=NNC(=O)Cn3nnc(-c4ccccc4)n3)o2)cc1. The van der Waals surface area contributed by atoms with Gasteiger partial charge in [-0.1, -0.05) is 42.5 Å². The van der Waals surface area contributed by atoms with Gasteiger partial charge >= 0.3 is 5.97 Å². The minimum absolute atomic E-state index is 0.132. The van der Waals surface area contributed by atoms with Crippen molar-refractivity contribution >= 4 is 18.1 Å². The van der Waals surface area contributed by atoms with Crippen molar-refractivity contribution in [1.82, 2.24) is 25.6 Å². The number of nitrogens with one attached hydrogen (secondary N) is 1. The summed E-state index contributed by atoms with van der Waals surface area (Å²) in [6.07, 6.45) is 1.39. The molecular formula is C23H20N6O4. The molecule has 0 saturated heterocycles. The van der Waals surface area contributed by atoms with Gasteiger partial charge in [-0.25, -0.2) is 10.2 Å². The topological polar surface area (TPSA) is 124 Å². The highest BCUT2D eigenvalue weighted by molar-refractivity contribution is 5.90. The molecule has 1 amide bonds. The van der Waals surface area contributed by atoms with E-state index in [0.29, 0.717) is 29.5 Å². The Morgan fingerprint density at radius 2 is 1.85 bits per heavy atom. The summed E-state index contributed by atoms with van der Waals surface area (Å²) in [5.74, 6) is 0.697. The minimum atomic E-state index is -0.412. The number of ether oxygens (including phenoxy) is 1. The van der Waals surface area contributed by atoms with Crippen molar-refractivity contribution in [3.63, 3.8) is 0 Å². The summed E-state index contributed by atoms with van der Waals surface area (Å²) in [6.45, 7) is 1.95. The second-order valence-corrected chi connectivity index (χ2v) is 6.80. The van der Waals surface area contributed by atoms with Crippen molar-refractivity contribution in [3.8, 4) is 22.7 Å². The molecule has 0 aliphatic rings. The van der Waals surface area contributed by atoms with Crippen LogP contribution < -0.4 is 5.43 Å². The molecule has 10 heteroatoms. The van der Waals surface area contributed by atoms with Gasteiger partial charge < -0.3 is 9.15 Å². The molecule has 33 heavy (non-hydrogen) atoms. The first-order valence-electron chi connectivity index (χ1n) is 10.1. The molecule has 2 aromatic heterocycles. The van der Waals surface area contributed by atoms with Crippen LogP contribution in [0.3, 0.4) is 0 Å². The molecule has 4 rings (SSSR count). The van der Waals surface area contributed by atoms with Crippen molar-refractivity contribution in [2.24, 2.45) is 5.10 Å². The fourth-order valence-electron chi connectivity index (χ4n) is 2.91. The Kier molecular flexibility index (Phi) is 6.64. The fraction of sp³-hybridized carbons (Fsp3) is 0.130. The Hall–Kier alpha value is -4.60. The number of carbonyl (C=O) groups is 2. The van der Waals surface area contributed by atoms with E-state index in [9.17, 15) is 9.59 Å². The van der Waals surface area contributed by atoms with Crippen LogP contribution in [0.5, 0.6) is 0 Å². The van der Waals surface area contributed by atoms with E-state index in [1.54, 1.807) is 43.3 Å². The number of nitrogens with zero attached hydrogens (tertiary/aromatic N) is 5. The quantitative estimate of drug-likeness (QED) is 0.252. The third-order valence-corrected chi connectivity index (χ3v) is 4.46. The molecule has 0 saturated carbocycles. The molecule has 2 aromatic carbocycles. The van der Waals surface area contributed by atoms with Gasteiger partial charge in [-0.2, -0.15) is 9.90 Å². The van der Waals surface area contributed by atoms with Crippen LogP contribution in [0.2, 0.25) is 0 Å². The molecule has 10 nitrogen and oxygen atoms in total. The van der Waals surface area contributed by atoms with E-state index in [2.05, 4.69) is 25.9 Å². The van der Waals surface area contributed by atoms with Gasteiger partial charge in [-0.3, -0.25) is 4.79 Å². The first kappa shape index (κ1) is 21.6. The van der Waals surface area contributed by atoms with Gasteiger partial charge in [0.1, 0.15) is 18.1 Å². The monoisotopic (exact) mass is 444 g/mol. The zero-order valence-corrected chi connectivity index (χ0v) is 17.7. The number of aromatic nitrogens is 4. The van der Waals surface area contributed by atoms with Crippen LogP contribution in [0, 0.1) is 0 Å². The number of carbonyl (C=O) groups excluding carboxylic acids is 2. The lowest BCUT2D eigenvalue weighted by molar-refractivity contribution is -0.122. The molecule has 0 fully saturated rings. The van der Waals surface area contributed by atoms with Gasteiger partial charge in [0.2, 0.25) is 5.82 Å². The highest BCUT2D eigenvalue weighted by Gasteiger charge is 2.10. The summed E-state index contributed by atoms with van der Waals surface area (Å²) in [6, 6.07) is 19.7. The van der Waals surface area contributed by atoms with Gasteiger partial charge in [-0.15, -0.1) is 10.2 Å². The zero-order valence-electron chi connectivity index (χ0n) is 17.7. The smallest absolute Gasteiger partial charge is 0.338 e. The Morgan fingerprint density at radius 3 is 2.61 bits per heavy atom. The summed E-state index contributed by atoms with van der Waals surface area (Å²) < 4.78 is 10.7. The van der Waals surface area contributed by atoms with Gasteiger partial charge in [0.05, 0.1) is 18.4 Å². The molecule has 0 aliphatic carbocycles. The lowest BCUT2D eigenvalue weighted by atomic mass is 10.1. The average molecular weight is 444 g/mol. The molecule has 0 bridgehead atoms. The van der Waals surface area contributed by atoms with Crippen LogP contribution in [-0.2, 0) is 16.1 Å². The van der Waals surface area contributed by atoms with E-state index in [0.717, 1.165) is 11.1 Å². The van der Waals surface area contributed by atoms with Gasteiger partial charge in [0.15, 0.2) is 0 Å². The number of tetrazole rings is 1. The summed E-state index contributed by atoms with van der Waals surface area (Å²) >= 11 is 0. The number of hydrogen-bond donors (Lipinski definition) is 1. The highest BCUT2D eigenvalue weighted by atomic mass is 16.5. The van der Waals surface area contributed by atoms with Crippen LogP contribution in [0.25, 0.3) is 22.7 Å². The number of hydrazone groups is 1. The Balaban J connectivity index is 1.31.